The van der Waals surface area contributed by atoms with Crippen LogP contribution in [0, 0.1) is 13.8 Å². The summed E-state index contributed by atoms with van der Waals surface area (Å²) in [7, 11) is -0.180. The molecular formula is C15H27BO2S. The van der Waals surface area contributed by atoms with Gasteiger partial charge in [0.15, 0.2) is 0 Å². The van der Waals surface area contributed by atoms with E-state index in [2.05, 4.69) is 32.0 Å². The Morgan fingerprint density at radius 1 is 1.05 bits per heavy atom. The minimum absolute atomic E-state index is 0.177. The first-order valence-corrected chi connectivity index (χ1v) is 8.36. The van der Waals surface area contributed by atoms with E-state index in [9.17, 15) is 0 Å². The predicted molar refractivity (Wildman–Crippen MR) is 88.3 cm³/mol. The van der Waals surface area contributed by atoms with E-state index < -0.39 is 0 Å². The molecular weight excluding hydrogens is 255 g/mol. The van der Waals surface area contributed by atoms with Gasteiger partial charge < -0.3 is 9.31 Å². The fourth-order valence-corrected chi connectivity index (χ4v) is 2.25. The van der Waals surface area contributed by atoms with Crippen molar-refractivity contribution in [2.75, 3.05) is 12.9 Å². The molecule has 0 aliphatic carbocycles. The Labute approximate surface area is 123 Å². The first-order valence-electron chi connectivity index (χ1n) is 7.07. The maximum Gasteiger partial charge on any atom is 0.494 e. The Kier molecular flexibility index (Phi) is 10.1. The third kappa shape index (κ3) is 6.02. The normalized spacial score (nSPS) is 17.2. The van der Waals surface area contributed by atoms with Gasteiger partial charge in [-0.05, 0) is 25.6 Å². The molecule has 1 unspecified atom stereocenters. The minimum Gasteiger partial charge on any atom is -0.404 e. The summed E-state index contributed by atoms with van der Waals surface area (Å²) in [6.07, 6.45) is 2.04. The first kappa shape index (κ1) is 18.6. The van der Waals surface area contributed by atoms with Gasteiger partial charge in [-0.3, -0.25) is 0 Å². The van der Waals surface area contributed by atoms with Gasteiger partial charge in [0.05, 0.1) is 6.61 Å². The quantitative estimate of drug-likeness (QED) is 0.769. The van der Waals surface area contributed by atoms with Crippen molar-refractivity contribution >= 4 is 24.3 Å². The lowest BCUT2D eigenvalue weighted by Crippen LogP contribution is -2.32. The number of aryl methyl sites for hydroxylation is 2. The second-order valence-corrected chi connectivity index (χ2v) is 4.88. The Balaban J connectivity index is 0.000000741. The van der Waals surface area contributed by atoms with E-state index >= 15 is 0 Å². The highest BCUT2D eigenvalue weighted by atomic mass is 32.2. The molecule has 1 atom stereocenters. The molecule has 0 N–H and O–H groups in total. The molecule has 1 aromatic carbocycles. The van der Waals surface area contributed by atoms with E-state index in [-0.39, 0.29) is 12.6 Å². The molecule has 1 aliphatic heterocycles. The lowest BCUT2D eigenvalue weighted by atomic mass is 9.78. The molecule has 4 heteroatoms. The first-order chi connectivity index (χ1) is 9.19. The van der Waals surface area contributed by atoms with E-state index in [0.29, 0.717) is 6.61 Å². The standard InChI is InChI=1S/C11H15BO2S.2C2H6/c1-8-4-9(2)6-10(5-8)12-13-7-11(14-12)15-3;2*1-2/h4-6,11H,7H2,1-3H3;2*1-2H3. The number of rotatable bonds is 2. The average Bonchev–Trinajstić information content (AvgIpc) is 2.91. The molecule has 0 bridgehead atoms. The van der Waals surface area contributed by atoms with Crippen LogP contribution in [-0.2, 0) is 9.31 Å². The van der Waals surface area contributed by atoms with Crippen LogP contribution in [0.15, 0.2) is 18.2 Å². The SMILES string of the molecule is CC.CC.CSC1COB(c2cc(C)cc(C)c2)O1. The summed E-state index contributed by atoms with van der Waals surface area (Å²) in [5.74, 6) is 0. The zero-order valence-corrected chi connectivity index (χ0v) is 14.1. The van der Waals surface area contributed by atoms with E-state index in [0.717, 1.165) is 5.46 Å². The molecule has 0 spiro atoms. The Morgan fingerprint density at radius 2 is 1.58 bits per heavy atom. The fourth-order valence-electron chi connectivity index (χ4n) is 1.83. The molecule has 0 saturated carbocycles. The van der Waals surface area contributed by atoms with Crippen molar-refractivity contribution in [2.24, 2.45) is 0 Å². The lowest BCUT2D eigenvalue weighted by Gasteiger charge is -2.08. The molecule has 2 rings (SSSR count). The summed E-state index contributed by atoms with van der Waals surface area (Å²) in [6, 6.07) is 6.41. The van der Waals surface area contributed by atoms with Gasteiger partial charge in [0.25, 0.3) is 0 Å². The molecule has 1 fully saturated rings. The highest BCUT2D eigenvalue weighted by Gasteiger charge is 2.32. The summed E-state index contributed by atoms with van der Waals surface area (Å²) in [4.78, 5) is 0. The second kappa shape index (κ2) is 10.4. The van der Waals surface area contributed by atoms with Crippen LogP contribution in [0.5, 0.6) is 0 Å². The fraction of sp³-hybridized carbons (Fsp3) is 0.600. The number of hydrogen-bond acceptors (Lipinski definition) is 3. The van der Waals surface area contributed by atoms with Crippen molar-refractivity contribution in [3.63, 3.8) is 0 Å². The minimum atomic E-state index is -0.180. The van der Waals surface area contributed by atoms with Crippen molar-refractivity contribution in [2.45, 2.75) is 47.0 Å². The Morgan fingerprint density at radius 3 is 2.00 bits per heavy atom. The molecule has 1 aliphatic rings. The van der Waals surface area contributed by atoms with Gasteiger partial charge in [-0.1, -0.05) is 57.0 Å². The van der Waals surface area contributed by atoms with Crippen LogP contribution in [0.3, 0.4) is 0 Å². The van der Waals surface area contributed by atoms with Crippen molar-refractivity contribution in [1.29, 1.82) is 0 Å². The summed E-state index contributed by atoms with van der Waals surface area (Å²) in [5.41, 5.74) is 3.81. The lowest BCUT2D eigenvalue weighted by molar-refractivity contribution is 0.331. The molecule has 0 aromatic heterocycles. The molecule has 19 heavy (non-hydrogen) atoms. The maximum atomic E-state index is 5.75. The van der Waals surface area contributed by atoms with Crippen LogP contribution < -0.4 is 5.46 Å². The predicted octanol–water partition coefficient (Wildman–Crippen LogP) is 3.79. The number of thioether (sulfide) groups is 1. The van der Waals surface area contributed by atoms with Gasteiger partial charge in [0.1, 0.15) is 5.44 Å². The van der Waals surface area contributed by atoms with Gasteiger partial charge in [-0.2, -0.15) is 0 Å². The van der Waals surface area contributed by atoms with Crippen molar-refractivity contribution < 1.29 is 9.31 Å². The monoisotopic (exact) mass is 282 g/mol. The van der Waals surface area contributed by atoms with Gasteiger partial charge in [-0.25, -0.2) is 0 Å². The van der Waals surface area contributed by atoms with Gasteiger partial charge in [-0.15, -0.1) is 11.8 Å². The zero-order chi connectivity index (χ0) is 14.8. The van der Waals surface area contributed by atoms with Gasteiger partial charge in [0, 0.05) is 0 Å². The summed E-state index contributed by atoms with van der Waals surface area (Å²) in [5, 5.41) is 0. The van der Waals surface area contributed by atoms with Crippen LogP contribution in [-0.4, -0.2) is 25.4 Å². The molecule has 108 valence electrons. The van der Waals surface area contributed by atoms with Gasteiger partial charge >= 0.3 is 7.12 Å². The topological polar surface area (TPSA) is 18.5 Å². The van der Waals surface area contributed by atoms with E-state index in [1.165, 1.54) is 11.1 Å². The second-order valence-electron chi connectivity index (χ2n) is 3.89. The van der Waals surface area contributed by atoms with E-state index in [1.807, 2.05) is 34.0 Å². The molecule has 2 nitrogen and oxygen atoms in total. The third-order valence-electron chi connectivity index (χ3n) is 2.44. The summed E-state index contributed by atoms with van der Waals surface area (Å²) in [6.45, 7) is 12.9. The van der Waals surface area contributed by atoms with Crippen molar-refractivity contribution in [3.05, 3.63) is 29.3 Å². The molecule has 1 heterocycles. The highest BCUT2D eigenvalue weighted by molar-refractivity contribution is 7.99. The average molecular weight is 282 g/mol. The van der Waals surface area contributed by atoms with Crippen molar-refractivity contribution in [1.82, 2.24) is 0 Å². The highest BCUT2D eigenvalue weighted by Crippen LogP contribution is 2.17. The maximum absolute atomic E-state index is 5.75. The van der Waals surface area contributed by atoms with Crippen LogP contribution in [0.4, 0.5) is 0 Å². The van der Waals surface area contributed by atoms with E-state index in [4.69, 9.17) is 9.31 Å². The van der Waals surface area contributed by atoms with Crippen molar-refractivity contribution in [3.8, 4) is 0 Å². The Bertz CT molecular complexity index is 338. The molecule has 0 amide bonds. The van der Waals surface area contributed by atoms with Crippen LogP contribution >= 0.6 is 11.8 Å². The number of benzene rings is 1. The zero-order valence-electron chi connectivity index (χ0n) is 13.3. The van der Waals surface area contributed by atoms with Crippen LogP contribution in [0.25, 0.3) is 0 Å². The van der Waals surface area contributed by atoms with Crippen LogP contribution in [0.2, 0.25) is 0 Å². The summed E-state index contributed by atoms with van der Waals surface area (Å²) >= 11 is 1.69. The molecule has 1 saturated heterocycles. The summed E-state index contributed by atoms with van der Waals surface area (Å²) < 4.78 is 11.4. The Hall–Kier alpha value is -0.445. The largest absolute Gasteiger partial charge is 0.494 e. The number of hydrogen-bond donors (Lipinski definition) is 0. The van der Waals surface area contributed by atoms with Gasteiger partial charge in [0.2, 0.25) is 0 Å². The smallest absolute Gasteiger partial charge is 0.404 e. The third-order valence-corrected chi connectivity index (χ3v) is 3.21. The molecule has 1 aromatic rings. The molecule has 0 radical (unpaired) electrons. The van der Waals surface area contributed by atoms with Crippen LogP contribution in [0.1, 0.15) is 38.8 Å². The van der Waals surface area contributed by atoms with E-state index in [1.54, 1.807) is 11.8 Å².